The third-order valence-electron chi connectivity index (χ3n) is 3.62. The van der Waals surface area contributed by atoms with Gasteiger partial charge in [0.25, 0.3) is 5.56 Å². The number of hydrazine groups is 1. The molecule has 1 aliphatic rings. The average molecular weight is 336 g/mol. The monoisotopic (exact) mass is 335 g/mol. The van der Waals surface area contributed by atoms with E-state index >= 15 is 0 Å². The van der Waals surface area contributed by atoms with Crippen molar-refractivity contribution in [3.63, 3.8) is 0 Å². The Labute approximate surface area is 136 Å². The van der Waals surface area contributed by atoms with Gasteiger partial charge in [-0.2, -0.15) is 0 Å². The van der Waals surface area contributed by atoms with E-state index in [0.717, 1.165) is 12.8 Å². The number of nitrogens with one attached hydrogen (secondary N) is 1. The summed E-state index contributed by atoms with van der Waals surface area (Å²) in [5.74, 6) is 5.63. The second kappa shape index (κ2) is 6.02. The molecule has 0 spiro atoms. The molecule has 1 heterocycles. The lowest BCUT2D eigenvalue weighted by atomic mass is 10.1. The number of allylic oxidation sites excluding steroid dienone is 1. The Kier molecular flexibility index (Phi) is 4.06. The standard InChI is InChI=1S/C15H15ClFN5O/c16-9-3-4-12(22(19)6-10(18)8-1-2-8)14(15(9)17)11-5-13(23)21-7-20-11/h3-8H,1-2,18-19H2,(H,20,21,23)/b10-6-. The van der Waals surface area contributed by atoms with Crippen molar-refractivity contribution in [2.45, 2.75) is 12.8 Å². The minimum absolute atomic E-state index is 0.0472. The predicted molar refractivity (Wildman–Crippen MR) is 86.9 cm³/mol. The predicted octanol–water partition coefficient (Wildman–Crippen LogP) is 2.12. The molecule has 6 nitrogen and oxygen atoms in total. The Morgan fingerprint density at radius 3 is 2.87 bits per heavy atom. The number of hydrogen-bond donors (Lipinski definition) is 3. The summed E-state index contributed by atoms with van der Waals surface area (Å²) in [4.78, 5) is 17.9. The summed E-state index contributed by atoms with van der Waals surface area (Å²) in [6, 6.07) is 4.13. The molecule has 2 aromatic rings. The molecule has 0 amide bonds. The average Bonchev–Trinajstić information content (AvgIpc) is 3.34. The Morgan fingerprint density at radius 2 is 2.22 bits per heavy atom. The molecule has 1 aromatic carbocycles. The first-order valence-corrected chi connectivity index (χ1v) is 7.39. The van der Waals surface area contributed by atoms with Gasteiger partial charge in [0.15, 0.2) is 5.82 Å². The summed E-state index contributed by atoms with van der Waals surface area (Å²) in [7, 11) is 0. The second-order valence-corrected chi connectivity index (χ2v) is 5.77. The van der Waals surface area contributed by atoms with Crippen LogP contribution < -0.4 is 22.1 Å². The third kappa shape index (κ3) is 3.20. The maximum atomic E-state index is 14.5. The van der Waals surface area contributed by atoms with Crippen molar-refractivity contribution in [3.05, 3.63) is 57.6 Å². The van der Waals surface area contributed by atoms with Crippen LogP contribution in [0.15, 0.2) is 41.2 Å². The van der Waals surface area contributed by atoms with Gasteiger partial charge in [0.1, 0.15) is 0 Å². The molecule has 3 rings (SSSR count). The smallest absolute Gasteiger partial charge is 0.251 e. The van der Waals surface area contributed by atoms with E-state index in [-0.39, 0.29) is 16.3 Å². The van der Waals surface area contributed by atoms with Gasteiger partial charge in [-0.05, 0) is 25.0 Å². The van der Waals surface area contributed by atoms with Gasteiger partial charge in [-0.1, -0.05) is 11.6 Å². The van der Waals surface area contributed by atoms with Crippen molar-refractivity contribution in [1.29, 1.82) is 0 Å². The molecular formula is C15H15ClFN5O. The van der Waals surface area contributed by atoms with Crippen molar-refractivity contribution in [2.75, 3.05) is 5.01 Å². The largest absolute Gasteiger partial charge is 0.401 e. The number of benzene rings is 1. The van der Waals surface area contributed by atoms with Gasteiger partial charge >= 0.3 is 0 Å². The van der Waals surface area contributed by atoms with E-state index in [1.165, 1.54) is 23.5 Å². The quantitative estimate of drug-likeness (QED) is 0.587. The van der Waals surface area contributed by atoms with Crippen LogP contribution in [0.5, 0.6) is 0 Å². The van der Waals surface area contributed by atoms with Gasteiger partial charge in [-0.3, -0.25) is 9.80 Å². The molecule has 0 saturated heterocycles. The number of rotatable bonds is 4. The van der Waals surface area contributed by atoms with Crippen LogP contribution in [-0.2, 0) is 0 Å². The maximum Gasteiger partial charge on any atom is 0.251 e. The number of hydrogen-bond acceptors (Lipinski definition) is 5. The zero-order chi connectivity index (χ0) is 16.6. The minimum Gasteiger partial charge on any atom is -0.401 e. The summed E-state index contributed by atoms with van der Waals surface area (Å²) in [5.41, 5.74) is 6.67. The molecular weight excluding hydrogens is 321 g/mol. The van der Waals surface area contributed by atoms with Gasteiger partial charge < -0.3 is 10.7 Å². The maximum absolute atomic E-state index is 14.5. The van der Waals surface area contributed by atoms with E-state index in [4.69, 9.17) is 23.2 Å². The van der Waals surface area contributed by atoms with Gasteiger partial charge in [-0.15, -0.1) is 0 Å². The first-order valence-electron chi connectivity index (χ1n) is 7.01. The summed E-state index contributed by atoms with van der Waals surface area (Å²) < 4.78 is 14.5. The molecule has 0 unspecified atom stereocenters. The highest BCUT2D eigenvalue weighted by Crippen LogP contribution is 2.37. The fourth-order valence-electron chi connectivity index (χ4n) is 2.26. The molecule has 1 aromatic heterocycles. The van der Waals surface area contributed by atoms with E-state index in [2.05, 4.69) is 9.97 Å². The van der Waals surface area contributed by atoms with Gasteiger partial charge in [-0.25, -0.2) is 15.2 Å². The zero-order valence-corrected chi connectivity index (χ0v) is 12.8. The van der Waals surface area contributed by atoms with Crippen LogP contribution in [0.2, 0.25) is 5.02 Å². The Bertz CT molecular complexity index is 831. The fraction of sp³-hybridized carbons (Fsp3) is 0.200. The second-order valence-electron chi connectivity index (χ2n) is 5.36. The molecule has 1 saturated carbocycles. The van der Waals surface area contributed by atoms with Crippen molar-refractivity contribution < 1.29 is 4.39 Å². The lowest BCUT2D eigenvalue weighted by Gasteiger charge is -2.19. The molecule has 0 radical (unpaired) electrons. The van der Waals surface area contributed by atoms with Gasteiger partial charge in [0.2, 0.25) is 0 Å². The lowest BCUT2D eigenvalue weighted by molar-refractivity contribution is 0.630. The number of nitrogens with zero attached hydrogens (tertiary/aromatic N) is 2. The SMILES string of the molecule is N/C(=C\N(N)c1ccc(Cl)c(F)c1-c1cc(=O)[nH]cn1)C1CC1. The van der Waals surface area contributed by atoms with E-state index < -0.39 is 11.4 Å². The summed E-state index contributed by atoms with van der Waals surface area (Å²) >= 11 is 5.86. The number of aromatic nitrogens is 2. The molecule has 0 aliphatic heterocycles. The Morgan fingerprint density at radius 1 is 1.48 bits per heavy atom. The highest BCUT2D eigenvalue weighted by atomic mass is 35.5. The van der Waals surface area contributed by atoms with Crippen LogP contribution in [0.1, 0.15) is 12.8 Å². The van der Waals surface area contributed by atoms with E-state index in [0.29, 0.717) is 17.3 Å². The van der Waals surface area contributed by atoms with Crippen LogP contribution >= 0.6 is 11.6 Å². The first-order chi connectivity index (χ1) is 11.0. The van der Waals surface area contributed by atoms with Crippen molar-refractivity contribution >= 4 is 17.3 Å². The third-order valence-corrected chi connectivity index (χ3v) is 3.91. The molecule has 0 atom stereocenters. The fourth-order valence-corrected chi connectivity index (χ4v) is 2.41. The molecule has 1 fully saturated rings. The molecule has 120 valence electrons. The number of halogens is 2. The molecule has 8 heteroatoms. The van der Waals surface area contributed by atoms with Gasteiger partial charge in [0.05, 0.1) is 28.3 Å². The minimum atomic E-state index is -0.698. The van der Waals surface area contributed by atoms with Crippen LogP contribution in [0.3, 0.4) is 0 Å². The molecule has 1 aliphatic carbocycles. The number of aromatic amines is 1. The van der Waals surface area contributed by atoms with Crippen LogP contribution in [0.25, 0.3) is 11.3 Å². The number of anilines is 1. The summed E-state index contributed by atoms with van der Waals surface area (Å²) in [5, 5.41) is 1.14. The highest BCUT2D eigenvalue weighted by molar-refractivity contribution is 6.31. The zero-order valence-electron chi connectivity index (χ0n) is 12.1. The topological polar surface area (TPSA) is 101 Å². The highest BCUT2D eigenvalue weighted by Gasteiger charge is 2.25. The van der Waals surface area contributed by atoms with Crippen molar-refractivity contribution in [2.24, 2.45) is 17.5 Å². The number of H-pyrrole nitrogens is 1. The van der Waals surface area contributed by atoms with Gasteiger partial charge in [0, 0.05) is 23.9 Å². The van der Waals surface area contributed by atoms with Crippen LogP contribution in [0.4, 0.5) is 10.1 Å². The molecule has 23 heavy (non-hydrogen) atoms. The van der Waals surface area contributed by atoms with E-state index in [1.807, 2.05) is 0 Å². The van der Waals surface area contributed by atoms with E-state index in [1.54, 1.807) is 12.3 Å². The number of nitrogens with two attached hydrogens (primary N) is 2. The Hall–Kier alpha value is -2.38. The first kappa shape index (κ1) is 15.5. The van der Waals surface area contributed by atoms with E-state index in [9.17, 15) is 9.18 Å². The van der Waals surface area contributed by atoms with Crippen molar-refractivity contribution in [1.82, 2.24) is 9.97 Å². The van der Waals surface area contributed by atoms with Crippen molar-refractivity contribution in [3.8, 4) is 11.3 Å². The summed E-state index contributed by atoms with van der Waals surface area (Å²) in [6.45, 7) is 0. The molecule has 5 N–H and O–H groups in total. The van der Waals surface area contributed by atoms with Crippen LogP contribution in [-0.4, -0.2) is 9.97 Å². The lowest BCUT2D eigenvalue weighted by Crippen LogP contribution is -2.27. The normalized spacial score (nSPS) is 14.8. The Balaban J connectivity index is 2.11. The molecule has 0 bridgehead atoms. The van der Waals surface area contributed by atoms with Crippen LogP contribution in [0, 0.1) is 11.7 Å². The summed E-state index contributed by atoms with van der Waals surface area (Å²) in [6.07, 6.45) is 4.79.